The third kappa shape index (κ3) is 5.00. The molecule has 2 rings (SSSR count). The lowest BCUT2D eigenvalue weighted by molar-refractivity contribution is 0.158. The highest BCUT2D eigenvalue weighted by Crippen LogP contribution is 2.12. The number of aliphatic hydroxyl groups excluding tert-OH is 1. The largest absolute Gasteiger partial charge is 0.467 e. The highest BCUT2D eigenvalue weighted by atomic mass is 16.4. The third-order valence-electron chi connectivity index (χ3n) is 2.97. The first-order valence-electron chi connectivity index (χ1n) is 7.14. The van der Waals surface area contributed by atoms with Gasteiger partial charge in [0.2, 0.25) is 0 Å². The Balaban J connectivity index is 1.81. The number of nitrogens with one attached hydrogen (secondary N) is 2. The number of furan rings is 1. The molecule has 6 heteroatoms. The van der Waals surface area contributed by atoms with Crippen molar-refractivity contribution in [3.05, 3.63) is 48.7 Å². The van der Waals surface area contributed by atoms with Crippen LogP contribution in [0.3, 0.4) is 0 Å². The predicted molar refractivity (Wildman–Crippen MR) is 82.1 cm³/mol. The summed E-state index contributed by atoms with van der Waals surface area (Å²) in [5.41, 5.74) is 0. The Labute approximate surface area is 124 Å². The third-order valence-corrected chi connectivity index (χ3v) is 2.97. The smallest absolute Gasteiger partial charge is 0.191 e. The molecule has 0 saturated heterocycles. The van der Waals surface area contributed by atoms with E-state index in [4.69, 9.17) is 4.42 Å². The summed E-state index contributed by atoms with van der Waals surface area (Å²) in [5, 5.41) is 16.3. The van der Waals surface area contributed by atoms with E-state index in [2.05, 4.69) is 20.2 Å². The summed E-state index contributed by atoms with van der Waals surface area (Å²) in [4.78, 5) is 4.36. The van der Waals surface area contributed by atoms with E-state index in [0.717, 1.165) is 19.6 Å². The normalized spacial score (nSPS) is 13.1. The minimum Gasteiger partial charge on any atom is -0.467 e. The zero-order valence-electron chi connectivity index (χ0n) is 12.2. The van der Waals surface area contributed by atoms with Crippen molar-refractivity contribution in [1.29, 1.82) is 0 Å². The van der Waals surface area contributed by atoms with Crippen molar-refractivity contribution in [3.8, 4) is 0 Å². The number of hydrogen-bond donors (Lipinski definition) is 3. The van der Waals surface area contributed by atoms with Crippen molar-refractivity contribution >= 4 is 5.96 Å². The molecule has 2 aromatic heterocycles. The van der Waals surface area contributed by atoms with E-state index < -0.39 is 6.10 Å². The molecule has 0 bridgehead atoms. The van der Waals surface area contributed by atoms with Gasteiger partial charge in [-0.2, -0.15) is 0 Å². The van der Waals surface area contributed by atoms with Gasteiger partial charge in [0.15, 0.2) is 5.96 Å². The van der Waals surface area contributed by atoms with Gasteiger partial charge in [0, 0.05) is 32.0 Å². The fourth-order valence-corrected chi connectivity index (χ4v) is 1.91. The second-order valence-electron chi connectivity index (χ2n) is 4.60. The summed E-state index contributed by atoms with van der Waals surface area (Å²) in [6, 6.07) is 7.49. The van der Waals surface area contributed by atoms with Crippen LogP contribution >= 0.6 is 0 Å². The Morgan fingerprint density at radius 1 is 1.33 bits per heavy atom. The van der Waals surface area contributed by atoms with Crippen LogP contribution in [0.25, 0.3) is 0 Å². The minimum atomic E-state index is -0.722. The summed E-state index contributed by atoms with van der Waals surface area (Å²) in [6.07, 6.45) is 4.86. The van der Waals surface area contributed by atoms with Gasteiger partial charge < -0.3 is 24.7 Å². The van der Waals surface area contributed by atoms with Crippen LogP contribution in [0.1, 0.15) is 18.8 Å². The van der Waals surface area contributed by atoms with Crippen LogP contribution in [0.2, 0.25) is 0 Å². The molecule has 0 aromatic carbocycles. The first-order valence-corrected chi connectivity index (χ1v) is 7.14. The lowest BCUT2D eigenvalue weighted by atomic mass is 10.3. The molecular formula is C15H22N4O2. The fourth-order valence-electron chi connectivity index (χ4n) is 1.91. The molecule has 0 aliphatic rings. The molecule has 0 aliphatic heterocycles. The number of guanidine groups is 1. The maximum absolute atomic E-state index is 9.94. The van der Waals surface area contributed by atoms with Crippen LogP contribution in [0.4, 0.5) is 0 Å². The first kappa shape index (κ1) is 15.2. The molecule has 21 heavy (non-hydrogen) atoms. The van der Waals surface area contributed by atoms with Crippen LogP contribution in [0.15, 0.2) is 52.3 Å². The van der Waals surface area contributed by atoms with Crippen molar-refractivity contribution in [2.24, 2.45) is 4.99 Å². The Morgan fingerprint density at radius 2 is 2.14 bits per heavy atom. The predicted octanol–water partition coefficient (Wildman–Crippen LogP) is 1.37. The molecule has 3 N–H and O–H groups in total. The molecule has 114 valence electrons. The SMILES string of the molecule is CCNC(=NCC(O)c1ccco1)NCCn1cccc1. The van der Waals surface area contributed by atoms with Gasteiger partial charge in [-0.3, -0.25) is 4.99 Å². The Morgan fingerprint density at radius 3 is 2.81 bits per heavy atom. The van der Waals surface area contributed by atoms with Crippen molar-refractivity contribution in [3.63, 3.8) is 0 Å². The molecule has 2 heterocycles. The summed E-state index contributed by atoms with van der Waals surface area (Å²) >= 11 is 0. The van der Waals surface area contributed by atoms with E-state index in [1.165, 1.54) is 0 Å². The van der Waals surface area contributed by atoms with E-state index >= 15 is 0 Å². The van der Waals surface area contributed by atoms with Crippen LogP contribution in [-0.4, -0.2) is 35.3 Å². The quantitative estimate of drug-likeness (QED) is 0.532. The number of rotatable bonds is 7. The molecule has 0 spiro atoms. The summed E-state index contributed by atoms with van der Waals surface area (Å²) in [6.45, 7) is 4.65. The molecule has 0 radical (unpaired) electrons. The topological polar surface area (TPSA) is 74.7 Å². The first-order chi connectivity index (χ1) is 10.3. The van der Waals surface area contributed by atoms with Crippen molar-refractivity contribution in [1.82, 2.24) is 15.2 Å². The Bertz CT molecular complexity index is 520. The number of aliphatic hydroxyl groups is 1. The molecular weight excluding hydrogens is 268 g/mol. The molecule has 0 amide bonds. The van der Waals surface area contributed by atoms with Gasteiger partial charge >= 0.3 is 0 Å². The minimum absolute atomic E-state index is 0.256. The van der Waals surface area contributed by atoms with Gasteiger partial charge in [-0.05, 0) is 31.2 Å². The van der Waals surface area contributed by atoms with Crippen molar-refractivity contribution in [2.45, 2.75) is 19.6 Å². The summed E-state index contributed by atoms with van der Waals surface area (Å²) in [7, 11) is 0. The summed E-state index contributed by atoms with van der Waals surface area (Å²) < 4.78 is 7.25. The molecule has 1 unspecified atom stereocenters. The molecule has 0 fully saturated rings. The van der Waals surface area contributed by atoms with Crippen LogP contribution in [0.5, 0.6) is 0 Å². The highest BCUT2D eigenvalue weighted by Gasteiger charge is 2.09. The molecule has 6 nitrogen and oxygen atoms in total. The second-order valence-corrected chi connectivity index (χ2v) is 4.60. The highest BCUT2D eigenvalue weighted by molar-refractivity contribution is 5.79. The van der Waals surface area contributed by atoms with Crippen LogP contribution < -0.4 is 10.6 Å². The lowest BCUT2D eigenvalue weighted by Gasteiger charge is -2.12. The number of nitrogens with zero attached hydrogens (tertiary/aromatic N) is 2. The van der Waals surface area contributed by atoms with Crippen LogP contribution in [0, 0.1) is 0 Å². The van der Waals surface area contributed by atoms with Gasteiger partial charge in [-0.25, -0.2) is 0 Å². The maximum Gasteiger partial charge on any atom is 0.191 e. The molecule has 2 aromatic rings. The molecule has 1 atom stereocenters. The van der Waals surface area contributed by atoms with Gasteiger partial charge in [0.05, 0.1) is 12.8 Å². The number of aromatic nitrogens is 1. The van der Waals surface area contributed by atoms with E-state index in [0.29, 0.717) is 11.7 Å². The Hall–Kier alpha value is -2.21. The van der Waals surface area contributed by atoms with Crippen molar-refractivity contribution in [2.75, 3.05) is 19.6 Å². The number of aliphatic imine (C=N–C) groups is 1. The lowest BCUT2D eigenvalue weighted by Crippen LogP contribution is -2.39. The van der Waals surface area contributed by atoms with Crippen molar-refractivity contribution < 1.29 is 9.52 Å². The second kappa shape index (κ2) is 8.16. The summed E-state index contributed by atoms with van der Waals surface area (Å²) in [5.74, 6) is 1.22. The van der Waals surface area contributed by atoms with E-state index in [1.807, 2.05) is 31.5 Å². The van der Waals surface area contributed by atoms with E-state index in [1.54, 1.807) is 18.4 Å². The number of hydrogen-bond acceptors (Lipinski definition) is 3. The molecule has 0 aliphatic carbocycles. The van der Waals surface area contributed by atoms with Gasteiger partial charge in [-0.15, -0.1) is 0 Å². The standard InChI is InChI=1S/C15H22N4O2/c1-2-16-15(17-7-10-19-8-3-4-9-19)18-12-13(20)14-6-5-11-21-14/h3-6,8-9,11,13,20H,2,7,10,12H2,1H3,(H2,16,17,18). The zero-order valence-corrected chi connectivity index (χ0v) is 12.2. The van der Waals surface area contributed by atoms with Gasteiger partial charge in [-0.1, -0.05) is 0 Å². The van der Waals surface area contributed by atoms with E-state index in [9.17, 15) is 5.11 Å². The fraction of sp³-hybridized carbons (Fsp3) is 0.400. The van der Waals surface area contributed by atoms with E-state index in [-0.39, 0.29) is 6.54 Å². The van der Waals surface area contributed by atoms with Crippen LogP contribution in [-0.2, 0) is 6.54 Å². The van der Waals surface area contributed by atoms with Gasteiger partial charge in [0.25, 0.3) is 0 Å². The maximum atomic E-state index is 9.94. The molecule has 0 saturated carbocycles. The monoisotopic (exact) mass is 290 g/mol. The zero-order chi connectivity index (χ0) is 14.9. The Kier molecular flexibility index (Phi) is 5.90. The van der Waals surface area contributed by atoms with Gasteiger partial charge in [0.1, 0.15) is 11.9 Å². The average molecular weight is 290 g/mol. The average Bonchev–Trinajstić information content (AvgIpc) is 3.17.